The molecule has 1 fully saturated rings. The fraction of sp³-hybridized carbons (Fsp3) is 0.476. The zero-order valence-corrected chi connectivity index (χ0v) is 17.7. The van der Waals surface area contributed by atoms with E-state index in [1.165, 1.54) is 37.0 Å². The number of thiophene rings is 1. The maximum atomic E-state index is 5.80. The van der Waals surface area contributed by atoms with Gasteiger partial charge < -0.3 is 19.7 Å². The van der Waals surface area contributed by atoms with Gasteiger partial charge in [0.2, 0.25) is 0 Å². The van der Waals surface area contributed by atoms with Crippen LogP contribution in [0.15, 0.2) is 35.7 Å². The molecule has 1 N–H and O–H groups in total. The van der Waals surface area contributed by atoms with E-state index in [1.807, 2.05) is 12.1 Å². The third kappa shape index (κ3) is 5.59. The van der Waals surface area contributed by atoms with Crippen LogP contribution in [0.4, 0.5) is 0 Å². The van der Waals surface area contributed by atoms with Crippen molar-refractivity contribution in [3.05, 3.63) is 46.2 Å². The summed E-state index contributed by atoms with van der Waals surface area (Å²) in [5, 5.41) is 6.56. The molecule has 1 aliphatic carbocycles. The van der Waals surface area contributed by atoms with Gasteiger partial charge in [0.05, 0.1) is 20.8 Å². The Balaban J connectivity index is 1.73. The zero-order chi connectivity index (χ0) is 19.1. The molecule has 4 nitrogen and oxygen atoms in total. The molecule has 0 spiro atoms. The third-order valence-electron chi connectivity index (χ3n) is 4.97. The molecular weight excluding hydrogens is 376 g/mol. The van der Waals surface area contributed by atoms with E-state index in [1.54, 1.807) is 25.6 Å². The third-order valence-corrected chi connectivity index (χ3v) is 6.21. The number of nitrogens with zero attached hydrogens (tertiary/aromatic N) is 1. The standard InChI is InChI=1S/C21H28N2O2S2/c1-24-19-11-10-16(13-20(19)25-2)14-23(15-18-9-6-12-27-18)21(26)22-17-7-4-3-5-8-17/h6,9-13,17H,3-5,7-8,14-15H2,1-2H3,(H,22,26). The molecule has 1 saturated carbocycles. The molecule has 0 amide bonds. The molecule has 3 rings (SSSR count). The van der Waals surface area contributed by atoms with Gasteiger partial charge >= 0.3 is 0 Å². The van der Waals surface area contributed by atoms with Crippen LogP contribution in [-0.4, -0.2) is 30.3 Å². The van der Waals surface area contributed by atoms with Gasteiger partial charge in [-0.2, -0.15) is 0 Å². The van der Waals surface area contributed by atoms with Crippen LogP contribution < -0.4 is 14.8 Å². The number of methoxy groups -OCH3 is 2. The molecule has 0 radical (unpaired) electrons. The summed E-state index contributed by atoms with van der Waals surface area (Å²) in [6.07, 6.45) is 6.35. The summed E-state index contributed by atoms with van der Waals surface area (Å²) in [7, 11) is 3.32. The van der Waals surface area contributed by atoms with Crippen LogP contribution in [0.3, 0.4) is 0 Å². The largest absolute Gasteiger partial charge is 0.493 e. The summed E-state index contributed by atoms with van der Waals surface area (Å²) in [6, 6.07) is 10.8. The highest BCUT2D eigenvalue weighted by Crippen LogP contribution is 2.28. The van der Waals surface area contributed by atoms with Crippen molar-refractivity contribution in [2.75, 3.05) is 14.2 Å². The molecule has 1 heterocycles. The first-order valence-corrected chi connectivity index (χ1v) is 10.8. The molecule has 0 bridgehead atoms. The predicted octanol–water partition coefficient (Wildman–Crippen LogP) is 4.97. The average molecular weight is 405 g/mol. The van der Waals surface area contributed by atoms with Gasteiger partial charge in [0.1, 0.15) is 0 Å². The van der Waals surface area contributed by atoms with Crippen molar-refractivity contribution in [1.82, 2.24) is 10.2 Å². The summed E-state index contributed by atoms with van der Waals surface area (Å²) >= 11 is 7.57. The summed E-state index contributed by atoms with van der Waals surface area (Å²) < 4.78 is 10.8. The lowest BCUT2D eigenvalue weighted by molar-refractivity contribution is 0.350. The monoisotopic (exact) mass is 404 g/mol. The predicted molar refractivity (Wildman–Crippen MR) is 116 cm³/mol. The van der Waals surface area contributed by atoms with E-state index < -0.39 is 0 Å². The fourth-order valence-electron chi connectivity index (χ4n) is 3.50. The van der Waals surface area contributed by atoms with Crippen molar-refractivity contribution >= 4 is 28.7 Å². The number of thiocarbonyl (C=S) groups is 1. The van der Waals surface area contributed by atoms with E-state index >= 15 is 0 Å². The molecule has 1 aromatic heterocycles. The number of hydrogen-bond donors (Lipinski definition) is 1. The van der Waals surface area contributed by atoms with Crippen LogP contribution in [0, 0.1) is 0 Å². The zero-order valence-electron chi connectivity index (χ0n) is 16.1. The molecule has 0 atom stereocenters. The Hall–Kier alpha value is -1.79. The number of benzene rings is 1. The van der Waals surface area contributed by atoms with E-state index in [0.29, 0.717) is 6.04 Å². The van der Waals surface area contributed by atoms with Crippen LogP contribution in [0.5, 0.6) is 11.5 Å². The molecule has 1 aliphatic rings. The Labute approximate surface area is 171 Å². The summed E-state index contributed by atoms with van der Waals surface area (Å²) in [6.45, 7) is 1.54. The maximum Gasteiger partial charge on any atom is 0.169 e. The smallest absolute Gasteiger partial charge is 0.169 e. The second kappa shape index (κ2) is 9.95. The first-order valence-electron chi connectivity index (χ1n) is 9.48. The van der Waals surface area contributed by atoms with Crippen LogP contribution in [0.2, 0.25) is 0 Å². The van der Waals surface area contributed by atoms with Crippen molar-refractivity contribution in [3.8, 4) is 11.5 Å². The summed E-state index contributed by atoms with van der Waals surface area (Å²) in [5.74, 6) is 1.49. The highest BCUT2D eigenvalue weighted by atomic mass is 32.1. The lowest BCUT2D eigenvalue weighted by atomic mass is 9.96. The highest BCUT2D eigenvalue weighted by Gasteiger charge is 2.19. The minimum atomic E-state index is 0.502. The lowest BCUT2D eigenvalue weighted by Crippen LogP contribution is -2.44. The lowest BCUT2D eigenvalue weighted by Gasteiger charge is -2.31. The van der Waals surface area contributed by atoms with Crippen LogP contribution >= 0.6 is 23.6 Å². The SMILES string of the molecule is COc1ccc(CN(Cc2cccs2)C(=S)NC2CCCCC2)cc1OC. The van der Waals surface area contributed by atoms with Gasteiger partial charge in [-0.25, -0.2) is 0 Å². The first-order chi connectivity index (χ1) is 13.2. The van der Waals surface area contributed by atoms with Gasteiger partial charge in [0.15, 0.2) is 16.6 Å². The second-order valence-corrected chi connectivity index (χ2v) is 8.33. The normalized spacial score (nSPS) is 14.6. The number of hydrogen-bond acceptors (Lipinski definition) is 4. The molecule has 0 unspecified atom stereocenters. The number of rotatable bonds is 7. The molecule has 0 saturated heterocycles. The minimum Gasteiger partial charge on any atom is -0.493 e. The van der Waals surface area contributed by atoms with Gasteiger partial charge in [-0.05, 0) is 54.2 Å². The van der Waals surface area contributed by atoms with Crippen molar-refractivity contribution in [2.45, 2.75) is 51.2 Å². The quantitative estimate of drug-likeness (QED) is 0.659. The number of nitrogens with one attached hydrogen (secondary N) is 1. The van der Waals surface area contributed by atoms with Crippen molar-refractivity contribution in [3.63, 3.8) is 0 Å². The van der Waals surface area contributed by atoms with E-state index in [0.717, 1.165) is 35.3 Å². The van der Waals surface area contributed by atoms with Gasteiger partial charge in [-0.3, -0.25) is 0 Å². The molecule has 6 heteroatoms. The molecule has 146 valence electrons. The van der Waals surface area contributed by atoms with Crippen LogP contribution in [0.1, 0.15) is 42.5 Å². The van der Waals surface area contributed by atoms with Crippen LogP contribution in [-0.2, 0) is 13.1 Å². The summed E-state index contributed by atoms with van der Waals surface area (Å²) in [4.78, 5) is 3.56. The van der Waals surface area contributed by atoms with E-state index in [-0.39, 0.29) is 0 Å². The number of ether oxygens (including phenoxy) is 2. The molecule has 1 aromatic carbocycles. The molecule has 2 aromatic rings. The van der Waals surface area contributed by atoms with Crippen molar-refractivity contribution < 1.29 is 9.47 Å². The van der Waals surface area contributed by atoms with Crippen molar-refractivity contribution in [2.24, 2.45) is 0 Å². The fourth-order valence-corrected chi connectivity index (χ4v) is 4.52. The maximum absolute atomic E-state index is 5.80. The second-order valence-electron chi connectivity index (χ2n) is 6.91. The minimum absolute atomic E-state index is 0.502. The molecule has 27 heavy (non-hydrogen) atoms. The Bertz CT molecular complexity index is 728. The summed E-state index contributed by atoms with van der Waals surface area (Å²) in [5.41, 5.74) is 1.15. The van der Waals surface area contributed by atoms with Crippen LogP contribution in [0.25, 0.3) is 0 Å². The van der Waals surface area contributed by atoms with Gasteiger partial charge in [-0.1, -0.05) is 31.4 Å². The van der Waals surface area contributed by atoms with E-state index in [9.17, 15) is 0 Å². The average Bonchev–Trinajstić information content (AvgIpc) is 3.21. The topological polar surface area (TPSA) is 33.7 Å². The molecule has 0 aliphatic heterocycles. The Morgan fingerprint density at radius 1 is 1.11 bits per heavy atom. The Morgan fingerprint density at radius 3 is 2.56 bits per heavy atom. The van der Waals surface area contributed by atoms with Gasteiger partial charge in [-0.15, -0.1) is 11.3 Å². The first kappa shape index (κ1) is 20.0. The van der Waals surface area contributed by atoms with E-state index in [4.69, 9.17) is 21.7 Å². The Kier molecular flexibility index (Phi) is 7.35. The van der Waals surface area contributed by atoms with Gasteiger partial charge in [0, 0.05) is 17.5 Å². The molecular formula is C21H28N2O2S2. The Morgan fingerprint density at radius 2 is 1.89 bits per heavy atom. The van der Waals surface area contributed by atoms with E-state index in [2.05, 4.69) is 33.8 Å². The highest BCUT2D eigenvalue weighted by molar-refractivity contribution is 7.80. The van der Waals surface area contributed by atoms with Gasteiger partial charge in [0.25, 0.3) is 0 Å². The van der Waals surface area contributed by atoms with Crippen molar-refractivity contribution in [1.29, 1.82) is 0 Å².